The molecule has 1 aliphatic rings. The van der Waals surface area contributed by atoms with Crippen molar-refractivity contribution in [3.8, 4) is 0 Å². The highest BCUT2D eigenvalue weighted by molar-refractivity contribution is 5.75. The molecule has 0 spiro atoms. The van der Waals surface area contributed by atoms with E-state index < -0.39 is 0 Å². The van der Waals surface area contributed by atoms with Crippen molar-refractivity contribution in [3.05, 3.63) is 18.0 Å². The Morgan fingerprint density at radius 3 is 2.65 bits per heavy atom. The number of rotatable bonds is 5. The Labute approximate surface area is 120 Å². The second-order valence-corrected chi connectivity index (χ2v) is 5.43. The lowest BCUT2D eigenvalue weighted by Crippen LogP contribution is -2.45. The van der Waals surface area contributed by atoms with Crippen LogP contribution in [0.4, 0.5) is 0 Å². The molecule has 1 aromatic rings. The van der Waals surface area contributed by atoms with Gasteiger partial charge in [-0.1, -0.05) is 6.92 Å². The van der Waals surface area contributed by atoms with Gasteiger partial charge in [0.15, 0.2) is 0 Å². The molecule has 1 atom stereocenters. The predicted octanol–water partition coefficient (Wildman–Crippen LogP) is 1.94. The third-order valence-electron chi connectivity index (χ3n) is 4.11. The van der Waals surface area contributed by atoms with E-state index in [2.05, 4.69) is 23.1 Å². The Hall–Kier alpha value is -1.36. The van der Waals surface area contributed by atoms with Crippen molar-refractivity contribution >= 4 is 5.97 Å². The number of carbonyl (C=O) groups excluding carboxylic acids is 1. The molecule has 2 heterocycles. The first-order valence-electron chi connectivity index (χ1n) is 7.54. The fourth-order valence-electron chi connectivity index (χ4n) is 3.01. The quantitative estimate of drug-likeness (QED) is 0.773. The summed E-state index contributed by atoms with van der Waals surface area (Å²) in [6, 6.07) is -0.0789. The number of ether oxygens (including phenoxy) is 1. The molecule has 0 radical (unpaired) electrons. The molecule has 1 aromatic heterocycles. The maximum atomic E-state index is 12.0. The molecule has 0 bridgehead atoms. The molecule has 112 valence electrons. The second-order valence-electron chi connectivity index (χ2n) is 5.43. The van der Waals surface area contributed by atoms with Crippen LogP contribution in [0.1, 0.15) is 44.6 Å². The maximum Gasteiger partial charge on any atom is 0.323 e. The Bertz CT molecular complexity index is 436. The second kappa shape index (κ2) is 6.88. The Morgan fingerprint density at radius 2 is 2.15 bits per heavy atom. The Kier molecular flexibility index (Phi) is 5.17. The standard InChI is InChI=1S/C15H25N3O2/c1-4-14(15(19)20-5-2)18-8-6-12(7-9-18)13-10-16-17(3)11-13/h10-12,14H,4-9H2,1-3H3/t14-/m0/s1. The van der Waals surface area contributed by atoms with Crippen LogP contribution in [-0.4, -0.2) is 46.4 Å². The van der Waals surface area contributed by atoms with Gasteiger partial charge < -0.3 is 4.74 Å². The molecular formula is C15H25N3O2. The number of aromatic nitrogens is 2. The van der Waals surface area contributed by atoms with Crippen molar-refractivity contribution in [3.63, 3.8) is 0 Å². The molecule has 0 unspecified atom stereocenters. The van der Waals surface area contributed by atoms with Gasteiger partial charge in [-0.05, 0) is 50.8 Å². The van der Waals surface area contributed by atoms with Crippen LogP contribution in [-0.2, 0) is 16.6 Å². The number of likely N-dealkylation sites (tertiary alicyclic amines) is 1. The highest BCUT2D eigenvalue weighted by Gasteiger charge is 2.30. The van der Waals surface area contributed by atoms with Crippen LogP contribution in [0.2, 0.25) is 0 Å². The van der Waals surface area contributed by atoms with Gasteiger partial charge in [0.25, 0.3) is 0 Å². The molecule has 0 amide bonds. The summed E-state index contributed by atoms with van der Waals surface area (Å²) in [5, 5.41) is 4.24. The highest BCUT2D eigenvalue weighted by atomic mass is 16.5. The van der Waals surface area contributed by atoms with E-state index in [-0.39, 0.29) is 12.0 Å². The molecule has 1 aliphatic heterocycles. The zero-order valence-corrected chi connectivity index (χ0v) is 12.7. The smallest absolute Gasteiger partial charge is 0.323 e. The van der Waals surface area contributed by atoms with E-state index in [1.807, 2.05) is 24.9 Å². The van der Waals surface area contributed by atoms with Crippen molar-refractivity contribution < 1.29 is 9.53 Å². The Balaban J connectivity index is 1.91. The minimum absolute atomic E-state index is 0.0742. The number of carbonyl (C=O) groups is 1. The van der Waals surface area contributed by atoms with Gasteiger partial charge >= 0.3 is 5.97 Å². The van der Waals surface area contributed by atoms with Crippen LogP contribution in [0.3, 0.4) is 0 Å². The molecule has 0 N–H and O–H groups in total. The minimum atomic E-state index is -0.0789. The summed E-state index contributed by atoms with van der Waals surface area (Å²) < 4.78 is 7.03. The van der Waals surface area contributed by atoms with Gasteiger partial charge in [-0.3, -0.25) is 14.4 Å². The first kappa shape index (κ1) is 15.0. The molecular weight excluding hydrogens is 254 g/mol. The average Bonchev–Trinajstić information content (AvgIpc) is 2.87. The average molecular weight is 279 g/mol. The fraction of sp³-hybridized carbons (Fsp3) is 0.733. The lowest BCUT2D eigenvalue weighted by Gasteiger charge is -2.35. The van der Waals surface area contributed by atoms with E-state index in [9.17, 15) is 4.79 Å². The van der Waals surface area contributed by atoms with Crippen molar-refractivity contribution in [2.75, 3.05) is 19.7 Å². The van der Waals surface area contributed by atoms with Gasteiger partial charge in [0, 0.05) is 13.2 Å². The molecule has 0 aliphatic carbocycles. The zero-order chi connectivity index (χ0) is 14.5. The van der Waals surface area contributed by atoms with Crippen LogP contribution in [0.25, 0.3) is 0 Å². The molecule has 20 heavy (non-hydrogen) atoms. The van der Waals surface area contributed by atoms with E-state index in [1.165, 1.54) is 5.56 Å². The third-order valence-corrected chi connectivity index (χ3v) is 4.11. The predicted molar refractivity (Wildman–Crippen MR) is 77.5 cm³/mol. The maximum absolute atomic E-state index is 12.0. The summed E-state index contributed by atoms with van der Waals surface area (Å²) in [6.07, 6.45) is 7.05. The summed E-state index contributed by atoms with van der Waals surface area (Å²) in [6.45, 7) is 6.28. The SMILES string of the molecule is CCOC(=O)[C@H](CC)N1CCC(c2cnn(C)c2)CC1. The molecule has 0 saturated carbocycles. The molecule has 2 rings (SSSR count). The van der Waals surface area contributed by atoms with Crippen LogP contribution in [0.5, 0.6) is 0 Å². The summed E-state index contributed by atoms with van der Waals surface area (Å²) in [4.78, 5) is 14.2. The number of piperidine rings is 1. The van der Waals surface area contributed by atoms with Crippen molar-refractivity contribution in [1.29, 1.82) is 0 Å². The Morgan fingerprint density at radius 1 is 1.45 bits per heavy atom. The summed E-state index contributed by atoms with van der Waals surface area (Å²) in [5.41, 5.74) is 1.32. The molecule has 5 nitrogen and oxygen atoms in total. The summed E-state index contributed by atoms with van der Waals surface area (Å²) >= 11 is 0. The molecule has 1 saturated heterocycles. The summed E-state index contributed by atoms with van der Waals surface area (Å²) in [7, 11) is 1.95. The topological polar surface area (TPSA) is 47.4 Å². The number of esters is 1. The fourth-order valence-corrected chi connectivity index (χ4v) is 3.01. The van der Waals surface area contributed by atoms with Gasteiger partial charge in [-0.15, -0.1) is 0 Å². The van der Waals surface area contributed by atoms with E-state index in [0.717, 1.165) is 32.4 Å². The third kappa shape index (κ3) is 3.39. The van der Waals surface area contributed by atoms with Crippen molar-refractivity contribution in [2.24, 2.45) is 7.05 Å². The first-order chi connectivity index (χ1) is 9.65. The van der Waals surface area contributed by atoms with E-state index in [1.54, 1.807) is 0 Å². The van der Waals surface area contributed by atoms with E-state index in [4.69, 9.17) is 4.74 Å². The van der Waals surface area contributed by atoms with Crippen LogP contribution in [0, 0.1) is 0 Å². The monoisotopic (exact) mass is 279 g/mol. The lowest BCUT2D eigenvalue weighted by atomic mass is 9.90. The van der Waals surface area contributed by atoms with Gasteiger partial charge in [-0.25, -0.2) is 0 Å². The van der Waals surface area contributed by atoms with Gasteiger partial charge in [0.1, 0.15) is 6.04 Å². The van der Waals surface area contributed by atoms with Gasteiger partial charge in [0.2, 0.25) is 0 Å². The van der Waals surface area contributed by atoms with Crippen molar-refractivity contribution in [2.45, 2.75) is 45.1 Å². The van der Waals surface area contributed by atoms with Crippen LogP contribution >= 0.6 is 0 Å². The van der Waals surface area contributed by atoms with Crippen LogP contribution < -0.4 is 0 Å². The molecule has 0 aromatic carbocycles. The number of aryl methyl sites for hydroxylation is 1. The summed E-state index contributed by atoms with van der Waals surface area (Å²) in [5.74, 6) is 0.495. The molecule has 5 heteroatoms. The molecule has 1 fully saturated rings. The number of nitrogens with zero attached hydrogens (tertiary/aromatic N) is 3. The first-order valence-corrected chi connectivity index (χ1v) is 7.54. The highest BCUT2D eigenvalue weighted by Crippen LogP contribution is 2.29. The van der Waals surface area contributed by atoms with Gasteiger partial charge in [0.05, 0.1) is 12.8 Å². The largest absolute Gasteiger partial charge is 0.465 e. The lowest BCUT2D eigenvalue weighted by molar-refractivity contribution is -0.150. The van der Waals surface area contributed by atoms with Crippen molar-refractivity contribution in [1.82, 2.24) is 14.7 Å². The minimum Gasteiger partial charge on any atom is -0.465 e. The number of hydrogen-bond donors (Lipinski definition) is 0. The zero-order valence-electron chi connectivity index (χ0n) is 12.7. The number of hydrogen-bond acceptors (Lipinski definition) is 4. The van der Waals surface area contributed by atoms with E-state index in [0.29, 0.717) is 12.5 Å². The van der Waals surface area contributed by atoms with Crippen LogP contribution in [0.15, 0.2) is 12.4 Å². The van der Waals surface area contributed by atoms with E-state index >= 15 is 0 Å². The normalized spacial score (nSPS) is 18.9. The van der Waals surface area contributed by atoms with Gasteiger partial charge in [-0.2, -0.15) is 5.10 Å².